The van der Waals surface area contributed by atoms with E-state index in [1.165, 1.54) is 0 Å². The number of ether oxygens (including phenoxy) is 3. The van der Waals surface area contributed by atoms with Crippen molar-refractivity contribution < 1.29 is 49.3 Å². The summed E-state index contributed by atoms with van der Waals surface area (Å²) in [5.74, 6) is -2.66. The van der Waals surface area contributed by atoms with E-state index in [0.29, 0.717) is 5.56 Å². The highest BCUT2D eigenvalue weighted by molar-refractivity contribution is 5.88. The van der Waals surface area contributed by atoms with Crippen molar-refractivity contribution in [2.75, 3.05) is 19.7 Å². The zero-order chi connectivity index (χ0) is 34.6. The number of nitrogens with two attached hydrogens (primary N) is 1. The molecule has 1 aliphatic heterocycles. The smallest absolute Gasteiger partial charge is 0.224 e. The van der Waals surface area contributed by atoms with Crippen LogP contribution in [0, 0.1) is 11.8 Å². The summed E-state index contributed by atoms with van der Waals surface area (Å²) in [6, 6.07) is 14.1. The highest BCUT2D eigenvalue weighted by atomic mass is 16.7. The molecule has 4 rings (SSSR count). The molecule has 9 N–H and O–H groups in total. The monoisotopic (exact) mass is 672 g/mol. The van der Waals surface area contributed by atoms with Gasteiger partial charge < -0.3 is 56.1 Å². The molecule has 1 heterocycles. The number of azide groups is 1. The first-order valence-corrected chi connectivity index (χ1v) is 15.8. The number of hydrogen-bond acceptors (Lipinski definition) is 12. The van der Waals surface area contributed by atoms with Gasteiger partial charge in [0, 0.05) is 31.1 Å². The summed E-state index contributed by atoms with van der Waals surface area (Å²) in [7, 11) is 0. The molecule has 0 bridgehead atoms. The van der Waals surface area contributed by atoms with Crippen molar-refractivity contribution in [2.45, 2.75) is 82.1 Å². The Morgan fingerprint density at radius 1 is 0.833 bits per heavy atom. The first kappa shape index (κ1) is 37.2. The lowest BCUT2D eigenvalue weighted by Gasteiger charge is -2.45. The lowest BCUT2D eigenvalue weighted by Crippen LogP contribution is -2.61. The molecule has 0 unspecified atom stereocenters. The molecule has 9 atom stereocenters. The van der Waals surface area contributed by atoms with Crippen LogP contribution in [0.15, 0.2) is 53.6 Å². The Bertz CT molecular complexity index is 1370. The van der Waals surface area contributed by atoms with E-state index < -0.39 is 66.6 Å². The molecule has 0 spiro atoms. The molecule has 1 saturated heterocycles. The first-order chi connectivity index (χ1) is 23.2. The van der Waals surface area contributed by atoms with Crippen LogP contribution in [-0.4, -0.2) is 100.0 Å². The van der Waals surface area contributed by atoms with Gasteiger partial charge in [0.05, 0.1) is 43.9 Å². The Balaban J connectivity index is 1.56. The van der Waals surface area contributed by atoms with Crippen LogP contribution in [0.1, 0.15) is 35.1 Å². The van der Waals surface area contributed by atoms with E-state index in [-0.39, 0.29) is 58.8 Å². The maximum Gasteiger partial charge on any atom is 0.224 e. The van der Waals surface area contributed by atoms with E-state index in [0.717, 1.165) is 16.7 Å². The van der Waals surface area contributed by atoms with E-state index in [4.69, 9.17) is 25.5 Å². The van der Waals surface area contributed by atoms with Gasteiger partial charge in [-0.25, -0.2) is 0 Å². The van der Waals surface area contributed by atoms with Crippen LogP contribution in [0.4, 0.5) is 0 Å². The maximum absolute atomic E-state index is 13.8. The normalized spacial score (nSPS) is 28.7. The minimum absolute atomic E-state index is 0.00775. The molecule has 262 valence electrons. The van der Waals surface area contributed by atoms with Crippen molar-refractivity contribution in [1.29, 1.82) is 0 Å². The lowest BCUT2D eigenvalue weighted by molar-refractivity contribution is -0.316. The molecule has 2 aliphatic rings. The van der Waals surface area contributed by atoms with E-state index in [1.54, 1.807) is 48.5 Å². The third-order valence-electron chi connectivity index (χ3n) is 8.69. The third-order valence-corrected chi connectivity index (χ3v) is 8.69. The summed E-state index contributed by atoms with van der Waals surface area (Å²) < 4.78 is 17.8. The average molecular weight is 673 g/mol. The fraction of sp³-hybridized carbons (Fsp3) is 0.562. The lowest BCUT2D eigenvalue weighted by atomic mass is 9.75. The highest BCUT2D eigenvalue weighted by Gasteiger charge is 2.49. The third kappa shape index (κ3) is 9.70. The van der Waals surface area contributed by atoms with Crippen LogP contribution in [0.5, 0.6) is 0 Å². The van der Waals surface area contributed by atoms with Crippen LogP contribution in [0.25, 0.3) is 10.4 Å². The number of amides is 2. The summed E-state index contributed by atoms with van der Waals surface area (Å²) in [5, 5.41) is 59.3. The van der Waals surface area contributed by atoms with Gasteiger partial charge in [-0.3, -0.25) is 9.59 Å². The van der Waals surface area contributed by atoms with Gasteiger partial charge in [-0.1, -0.05) is 53.6 Å². The van der Waals surface area contributed by atoms with Gasteiger partial charge in [-0.15, -0.1) is 0 Å². The predicted molar refractivity (Wildman–Crippen MR) is 169 cm³/mol. The number of carbonyl (C=O) groups is 2. The number of benzene rings is 2. The Morgan fingerprint density at radius 3 is 1.81 bits per heavy atom. The molecule has 2 aromatic carbocycles. The second-order valence-electron chi connectivity index (χ2n) is 11.9. The molecule has 2 fully saturated rings. The molecule has 2 amide bonds. The molecule has 16 heteroatoms. The average Bonchev–Trinajstić information content (AvgIpc) is 3.12. The van der Waals surface area contributed by atoms with Crippen LogP contribution in [-0.2, 0) is 50.1 Å². The fourth-order valence-corrected chi connectivity index (χ4v) is 5.88. The van der Waals surface area contributed by atoms with E-state index >= 15 is 0 Å². The van der Waals surface area contributed by atoms with Gasteiger partial charge in [-0.05, 0) is 40.6 Å². The van der Waals surface area contributed by atoms with Crippen molar-refractivity contribution in [3.63, 3.8) is 0 Å². The molecule has 2 aromatic rings. The van der Waals surface area contributed by atoms with E-state index in [9.17, 15) is 35.1 Å². The minimum atomic E-state index is -1.65. The van der Waals surface area contributed by atoms with Crippen molar-refractivity contribution in [3.05, 3.63) is 81.2 Å². The largest absolute Gasteiger partial charge is 0.392 e. The van der Waals surface area contributed by atoms with Gasteiger partial charge in [-0.2, -0.15) is 0 Å². The minimum Gasteiger partial charge on any atom is -0.392 e. The van der Waals surface area contributed by atoms with Crippen molar-refractivity contribution in [3.8, 4) is 0 Å². The fourth-order valence-electron chi connectivity index (χ4n) is 5.88. The molecule has 48 heavy (non-hydrogen) atoms. The SMILES string of the molecule is [N-]=[N+]=NCCO[C@H]1C[C@H](C(=O)NCc2ccc(CO)cc2)[C@@H](C(=O)NCc2ccc(CO)cc2)C[C@@H]1O[C@H]1O[C@H](CN)[C@@H](O)[C@H](O)[C@@H]1O. The van der Waals surface area contributed by atoms with Gasteiger partial charge in [0.25, 0.3) is 0 Å². The number of aliphatic hydroxyl groups is 5. The molecule has 1 saturated carbocycles. The van der Waals surface area contributed by atoms with E-state index in [1.807, 2.05) is 0 Å². The first-order valence-electron chi connectivity index (χ1n) is 15.8. The number of nitrogens with one attached hydrogen (secondary N) is 2. The summed E-state index contributed by atoms with van der Waals surface area (Å²) in [6.07, 6.45) is -9.02. The zero-order valence-corrected chi connectivity index (χ0v) is 26.4. The molecule has 0 aromatic heterocycles. The van der Waals surface area contributed by atoms with Gasteiger partial charge in [0.1, 0.15) is 24.4 Å². The van der Waals surface area contributed by atoms with Gasteiger partial charge >= 0.3 is 0 Å². The zero-order valence-electron chi connectivity index (χ0n) is 26.4. The van der Waals surface area contributed by atoms with Crippen molar-refractivity contribution in [2.24, 2.45) is 22.7 Å². The van der Waals surface area contributed by atoms with Crippen LogP contribution in [0.2, 0.25) is 0 Å². The Labute approximate surface area is 277 Å². The van der Waals surface area contributed by atoms with E-state index in [2.05, 4.69) is 20.7 Å². The number of hydrogen-bond donors (Lipinski definition) is 8. The molecular formula is C32H44N6O10. The standard InChI is InChI=1S/C32H44N6O10/c33-13-26-27(41)28(42)29(43)32(48-26)47-25-12-23(31(45)36-15-19-3-7-21(17-40)8-4-19)22(11-24(25)46-10-9-37-38-34)30(44)35-14-18-1-5-20(16-39)6-2-18/h1-8,22-29,32,39-43H,9-17,33H2,(H,35,44)(H,36,45)/t22-,23-,24-,25-,26+,27+,28-,29-,32-/m0/s1. The summed E-state index contributed by atoms with van der Waals surface area (Å²) >= 11 is 0. The Kier molecular flexibility index (Phi) is 14.1. The van der Waals surface area contributed by atoms with Gasteiger partial charge in [0.15, 0.2) is 6.29 Å². The summed E-state index contributed by atoms with van der Waals surface area (Å²) in [6.45, 7) is -0.127. The summed E-state index contributed by atoms with van der Waals surface area (Å²) in [4.78, 5) is 30.2. The number of carbonyl (C=O) groups excluding carboxylic acids is 2. The predicted octanol–water partition coefficient (Wildman–Crippen LogP) is -0.523. The highest BCUT2D eigenvalue weighted by Crippen LogP contribution is 2.36. The Morgan fingerprint density at radius 2 is 1.33 bits per heavy atom. The van der Waals surface area contributed by atoms with Crippen LogP contribution in [0.3, 0.4) is 0 Å². The molecule has 1 aliphatic carbocycles. The van der Waals surface area contributed by atoms with Crippen molar-refractivity contribution in [1.82, 2.24) is 10.6 Å². The molecule has 16 nitrogen and oxygen atoms in total. The molecular weight excluding hydrogens is 628 g/mol. The number of nitrogens with zero attached hydrogens (tertiary/aromatic N) is 3. The summed E-state index contributed by atoms with van der Waals surface area (Å²) in [5.41, 5.74) is 17.4. The second kappa shape index (κ2) is 18.2. The number of aliphatic hydroxyl groups excluding tert-OH is 5. The Hall–Kier alpha value is -3.67. The second-order valence-corrected chi connectivity index (χ2v) is 11.9. The number of rotatable bonds is 15. The maximum atomic E-state index is 13.8. The molecule has 0 radical (unpaired) electrons. The van der Waals surface area contributed by atoms with Crippen LogP contribution < -0.4 is 16.4 Å². The quantitative estimate of drug-likeness (QED) is 0.0516. The van der Waals surface area contributed by atoms with Crippen molar-refractivity contribution >= 4 is 11.8 Å². The van der Waals surface area contributed by atoms with Gasteiger partial charge in [0.2, 0.25) is 11.8 Å². The van der Waals surface area contributed by atoms with Crippen LogP contribution >= 0.6 is 0 Å². The topological polar surface area (TPSA) is 262 Å².